The second kappa shape index (κ2) is 10.7. The van der Waals surface area contributed by atoms with Crippen molar-refractivity contribution in [3.05, 3.63) is 33.4 Å². The number of hydrogen-bond acceptors (Lipinski definition) is 4. The Balaban J connectivity index is 2.62. The molecular formula is C19H31N3O2S2. The van der Waals surface area contributed by atoms with Crippen LogP contribution in [0.25, 0.3) is 0 Å². The van der Waals surface area contributed by atoms with Gasteiger partial charge in [-0.05, 0) is 86.6 Å². The summed E-state index contributed by atoms with van der Waals surface area (Å²) in [5.74, 6) is 1.06. The van der Waals surface area contributed by atoms with Crippen LogP contribution in [0.4, 0.5) is 0 Å². The Bertz CT molecular complexity index is 634. The van der Waals surface area contributed by atoms with Gasteiger partial charge in [0.05, 0.1) is 5.75 Å². The summed E-state index contributed by atoms with van der Waals surface area (Å²) in [6.07, 6.45) is 0.738. The van der Waals surface area contributed by atoms with Crippen LogP contribution in [-0.4, -0.2) is 42.0 Å². The summed E-state index contributed by atoms with van der Waals surface area (Å²) in [6.45, 7) is 12.0. The van der Waals surface area contributed by atoms with Crippen LogP contribution < -0.4 is 11.2 Å². The normalized spacial score (nSPS) is 10.7. The van der Waals surface area contributed by atoms with Crippen molar-refractivity contribution in [3.8, 4) is 0 Å². The van der Waals surface area contributed by atoms with Crippen molar-refractivity contribution >= 4 is 35.0 Å². The van der Waals surface area contributed by atoms with E-state index >= 15 is 0 Å². The number of ether oxygens (including phenoxy) is 1. The molecule has 5 nitrogen and oxygen atoms in total. The molecule has 1 rings (SSSR count). The van der Waals surface area contributed by atoms with E-state index in [0.29, 0.717) is 18.9 Å². The van der Waals surface area contributed by atoms with Crippen LogP contribution in [0.2, 0.25) is 0 Å². The van der Waals surface area contributed by atoms with Crippen LogP contribution in [0.1, 0.15) is 39.8 Å². The lowest BCUT2D eigenvalue weighted by atomic mass is 9.90. The van der Waals surface area contributed by atoms with Crippen molar-refractivity contribution in [2.45, 2.75) is 46.8 Å². The molecule has 0 aromatic heterocycles. The molecule has 0 radical (unpaired) electrons. The SMILES string of the molecule is COCCCN(NC(=O)CSCc1c(C)c(C)c(C)c(C)c1C)C(N)=S. The smallest absolute Gasteiger partial charge is 0.248 e. The highest BCUT2D eigenvalue weighted by molar-refractivity contribution is 7.99. The Kier molecular flexibility index (Phi) is 9.39. The molecule has 1 amide bonds. The van der Waals surface area contributed by atoms with Crippen LogP contribution >= 0.6 is 24.0 Å². The van der Waals surface area contributed by atoms with E-state index in [1.807, 2.05) is 0 Å². The zero-order valence-corrected chi connectivity index (χ0v) is 18.3. The molecule has 0 atom stereocenters. The molecule has 146 valence electrons. The highest BCUT2D eigenvalue weighted by Gasteiger charge is 2.14. The Morgan fingerprint density at radius 3 is 2.15 bits per heavy atom. The average Bonchev–Trinajstić information content (AvgIpc) is 2.60. The quantitative estimate of drug-likeness (QED) is 0.399. The van der Waals surface area contributed by atoms with Gasteiger partial charge in [0.15, 0.2) is 5.11 Å². The van der Waals surface area contributed by atoms with Gasteiger partial charge in [0.2, 0.25) is 5.91 Å². The van der Waals surface area contributed by atoms with E-state index in [9.17, 15) is 4.79 Å². The number of carbonyl (C=O) groups is 1. The molecule has 1 aromatic rings. The van der Waals surface area contributed by atoms with Gasteiger partial charge in [-0.2, -0.15) is 0 Å². The molecule has 26 heavy (non-hydrogen) atoms. The molecule has 0 spiro atoms. The topological polar surface area (TPSA) is 67.6 Å². The number of amides is 1. The number of nitrogens with one attached hydrogen (secondary N) is 1. The maximum Gasteiger partial charge on any atom is 0.248 e. The maximum absolute atomic E-state index is 12.2. The van der Waals surface area contributed by atoms with Crippen LogP contribution in [0, 0.1) is 34.6 Å². The van der Waals surface area contributed by atoms with Crippen molar-refractivity contribution in [3.63, 3.8) is 0 Å². The van der Waals surface area contributed by atoms with E-state index in [4.69, 9.17) is 22.7 Å². The van der Waals surface area contributed by atoms with Crippen molar-refractivity contribution in [1.29, 1.82) is 0 Å². The molecule has 0 saturated heterocycles. The Morgan fingerprint density at radius 2 is 1.65 bits per heavy atom. The Hall–Kier alpha value is -1.31. The minimum Gasteiger partial charge on any atom is -0.385 e. The van der Waals surface area contributed by atoms with Gasteiger partial charge in [-0.1, -0.05) is 0 Å². The summed E-state index contributed by atoms with van der Waals surface area (Å²) in [6, 6.07) is 0. The summed E-state index contributed by atoms with van der Waals surface area (Å²) in [7, 11) is 1.64. The van der Waals surface area contributed by atoms with Gasteiger partial charge in [0, 0.05) is 26.0 Å². The number of carbonyl (C=O) groups excluding carboxylic acids is 1. The summed E-state index contributed by atoms with van der Waals surface area (Å²) < 4.78 is 5.01. The zero-order chi connectivity index (χ0) is 19.9. The molecule has 7 heteroatoms. The monoisotopic (exact) mass is 397 g/mol. The summed E-state index contributed by atoms with van der Waals surface area (Å²) >= 11 is 6.59. The van der Waals surface area contributed by atoms with Gasteiger partial charge < -0.3 is 10.5 Å². The van der Waals surface area contributed by atoms with E-state index in [1.165, 1.54) is 38.4 Å². The fraction of sp³-hybridized carbons (Fsp3) is 0.579. The first-order chi connectivity index (χ1) is 12.2. The molecule has 0 aliphatic rings. The molecule has 0 fully saturated rings. The second-order valence-corrected chi connectivity index (χ2v) is 7.87. The number of rotatable bonds is 8. The van der Waals surface area contributed by atoms with Crippen LogP contribution in [0.3, 0.4) is 0 Å². The lowest BCUT2D eigenvalue weighted by Gasteiger charge is -2.23. The molecule has 0 saturated carbocycles. The van der Waals surface area contributed by atoms with Crippen molar-refractivity contribution in [2.24, 2.45) is 5.73 Å². The second-order valence-electron chi connectivity index (χ2n) is 6.47. The molecule has 3 N–H and O–H groups in total. The summed E-state index contributed by atoms with van der Waals surface area (Å²) in [5.41, 5.74) is 16.5. The van der Waals surface area contributed by atoms with Crippen molar-refractivity contribution in [2.75, 3.05) is 26.0 Å². The Morgan fingerprint density at radius 1 is 1.12 bits per heavy atom. The highest BCUT2D eigenvalue weighted by atomic mass is 32.2. The van der Waals surface area contributed by atoms with Crippen LogP contribution in [0.15, 0.2) is 0 Å². The standard InChI is InChI=1S/C19H31N3O2S2/c1-12-13(2)15(4)17(16(5)14(12)3)10-26-11-18(23)21-22(19(20)25)8-7-9-24-6/h7-11H2,1-6H3,(H2,20,25)(H,21,23). The minimum atomic E-state index is -0.101. The average molecular weight is 398 g/mol. The van der Waals surface area contributed by atoms with E-state index in [1.54, 1.807) is 18.9 Å². The van der Waals surface area contributed by atoms with E-state index in [-0.39, 0.29) is 11.0 Å². The van der Waals surface area contributed by atoms with Gasteiger partial charge in [-0.3, -0.25) is 15.2 Å². The fourth-order valence-electron chi connectivity index (χ4n) is 2.81. The van der Waals surface area contributed by atoms with Gasteiger partial charge >= 0.3 is 0 Å². The number of hydrazine groups is 1. The lowest BCUT2D eigenvalue weighted by Crippen LogP contribution is -2.49. The molecule has 0 heterocycles. The van der Waals surface area contributed by atoms with E-state index in [0.717, 1.165) is 12.2 Å². The maximum atomic E-state index is 12.2. The molecule has 0 bridgehead atoms. The Labute approximate surface area is 167 Å². The predicted molar refractivity (Wildman–Crippen MR) is 114 cm³/mol. The molecule has 0 aliphatic heterocycles. The number of thiocarbonyl (C=S) groups is 1. The number of thioether (sulfide) groups is 1. The van der Waals surface area contributed by atoms with Crippen LogP contribution in [0.5, 0.6) is 0 Å². The van der Waals surface area contributed by atoms with Crippen LogP contribution in [-0.2, 0) is 15.3 Å². The first-order valence-electron chi connectivity index (χ1n) is 8.69. The third-order valence-electron chi connectivity index (χ3n) is 4.89. The number of hydrogen-bond donors (Lipinski definition) is 2. The van der Waals surface area contributed by atoms with Crippen molar-refractivity contribution < 1.29 is 9.53 Å². The largest absolute Gasteiger partial charge is 0.385 e. The molecular weight excluding hydrogens is 366 g/mol. The summed E-state index contributed by atoms with van der Waals surface area (Å²) in [4.78, 5) is 12.2. The highest BCUT2D eigenvalue weighted by Crippen LogP contribution is 2.28. The number of nitrogens with two attached hydrogens (primary N) is 1. The first-order valence-corrected chi connectivity index (χ1v) is 10.3. The van der Waals surface area contributed by atoms with Gasteiger partial charge in [-0.15, -0.1) is 11.8 Å². The zero-order valence-electron chi connectivity index (χ0n) is 16.7. The molecule has 1 aromatic carbocycles. The van der Waals surface area contributed by atoms with Crippen molar-refractivity contribution in [1.82, 2.24) is 10.4 Å². The number of nitrogens with zero attached hydrogens (tertiary/aromatic N) is 1. The fourth-order valence-corrected chi connectivity index (χ4v) is 3.94. The van der Waals surface area contributed by atoms with Gasteiger partial charge in [0.25, 0.3) is 0 Å². The minimum absolute atomic E-state index is 0.101. The summed E-state index contributed by atoms with van der Waals surface area (Å²) in [5, 5.41) is 1.67. The third kappa shape index (κ3) is 6.14. The van der Waals surface area contributed by atoms with Gasteiger partial charge in [0.1, 0.15) is 0 Å². The van der Waals surface area contributed by atoms with E-state index < -0.39 is 0 Å². The number of methoxy groups -OCH3 is 1. The lowest BCUT2D eigenvalue weighted by molar-refractivity contribution is -0.121. The first kappa shape index (κ1) is 22.7. The molecule has 0 aliphatic carbocycles. The number of benzene rings is 1. The van der Waals surface area contributed by atoms with Gasteiger partial charge in [-0.25, -0.2) is 0 Å². The molecule has 0 unspecified atom stereocenters. The third-order valence-corrected chi connectivity index (χ3v) is 6.07. The predicted octanol–water partition coefficient (Wildman–Crippen LogP) is 3.08. The van der Waals surface area contributed by atoms with E-state index in [2.05, 4.69) is 40.0 Å².